The molecule has 0 spiro atoms. The normalized spacial score (nSPS) is 13.2. The Hall–Kier alpha value is -1.33. The molecule has 0 aliphatic rings. The SMILES string of the molecule is NC(CSc1ccccc1)C(CCSc1ccccc1)CSc1ccccc1. The molecule has 4 heteroatoms. The van der Waals surface area contributed by atoms with Crippen molar-refractivity contribution in [2.45, 2.75) is 27.1 Å². The first kappa shape index (κ1) is 21.4. The Morgan fingerprint density at radius 2 is 1.00 bits per heavy atom. The monoisotopic (exact) mass is 425 g/mol. The van der Waals surface area contributed by atoms with Crippen LogP contribution < -0.4 is 5.73 Å². The van der Waals surface area contributed by atoms with Gasteiger partial charge in [0.05, 0.1) is 0 Å². The standard InChI is InChI=1S/C24H27NS3/c25-24(19-28-23-14-8-3-9-15-23)20(18-27-22-12-6-2-7-13-22)16-17-26-21-10-4-1-5-11-21/h1-15,20,24H,16-19,25H2. The molecule has 0 amide bonds. The summed E-state index contributed by atoms with van der Waals surface area (Å²) in [5.41, 5.74) is 6.67. The fourth-order valence-corrected chi connectivity index (χ4v) is 6.01. The van der Waals surface area contributed by atoms with E-state index in [2.05, 4.69) is 91.0 Å². The zero-order chi connectivity index (χ0) is 19.4. The topological polar surface area (TPSA) is 26.0 Å². The summed E-state index contributed by atoms with van der Waals surface area (Å²) in [5, 5.41) is 0. The van der Waals surface area contributed by atoms with Gasteiger partial charge in [0.2, 0.25) is 0 Å². The van der Waals surface area contributed by atoms with Gasteiger partial charge in [0.25, 0.3) is 0 Å². The van der Waals surface area contributed by atoms with Crippen molar-refractivity contribution >= 4 is 35.3 Å². The molecule has 0 bridgehead atoms. The second-order valence-corrected chi connectivity index (χ2v) is 9.98. The largest absolute Gasteiger partial charge is 0.327 e. The fraction of sp³-hybridized carbons (Fsp3) is 0.250. The Bertz CT molecular complexity index is 781. The van der Waals surface area contributed by atoms with E-state index in [1.807, 2.05) is 35.3 Å². The van der Waals surface area contributed by atoms with Crippen molar-refractivity contribution in [1.82, 2.24) is 0 Å². The highest BCUT2D eigenvalue weighted by atomic mass is 32.2. The summed E-state index contributed by atoms with van der Waals surface area (Å²) in [6.07, 6.45) is 1.13. The predicted molar refractivity (Wildman–Crippen MR) is 128 cm³/mol. The van der Waals surface area contributed by atoms with E-state index in [0.29, 0.717) is 5.92 Å². The van der Waals surface area contributed by atoms with E-state index >= 15 is 0 Å². The average molecular weight is 426 g/mol. The van der Waals surface area contributed by atoms with Gasteiger partial charge in [-0.3, -0.25) is 0 Å². The van der Waals surface area contributed by atoms with Crippen LogP contribution in [0.4, 0.5) is 0 Å². The first-order valence-corrected chi connectivity index (χ1v) is 12.6. The number of benzene rings is 3. The van der Waals surface area contributed by atoms with Crippen LogP contribution in [0.2, 0.25) is 0 Å². The third kappa shape index (κ3) is 7.59. The maximum absolute atomic E-state index is 6.67. The molecule has 2 atom stereocenters. The van der Waals surface area contributed by atoms with Crippen LogP contribution in [0.25, 0.3) is 0 Å². The maximum Gasteiger partial charge on any atom is 0.0170 e. The Morgan fingerprint density at radius 3 is 1.50 bits per heavy atom. The van der Waals surface area contributed by atoms with Crippen LogP contribution in [0.15, 0.2) is 106 Å². The molecule has 0 aromatic heterocycles. The van der Waals surface area contributed by atoms with Gasteiger partial charge in [-0.25, -0.2) is 0 Å². The van der Waals surface area contributed by atoms with Crippen molar-refractivity contribution in [2.75, 3.05) is 17.3 Å². The lowest BCUT2D eigenvalue weighted by atomic mass is 10.0. The van der Waals surface area contributed by atoms with Crippen molar-refractivity contribution in [3.8, 4) is 0 Å². The van der Waals surface area contributed by atoms with E-state index in [1.54, 1.807) is 0 Å². The van der Waals surface area contributed by atoms with E-state index in [9.17, 15) is 0 Å². The molecule has 1 nitrogen and oxygen atoms in total. The molecule has 0 heterocycles. The number of thioether (sulfide) groups is 3. The van der Waals surface area contributed by atoms with E-state index in [0.717, 1.165) is 23.7 Å². The Kier molecular flexibility index (Phi) is 9.38. The summed E-state index contributed by atoms with van der Waals surface area (Å²) in [6.45, 7) is 0. The minimum Gasteiger partial charge on any atom is -0.327 e. The molecule has 3 aromatic rings. The third-order valence-corrected chi connectivity index (χ3v) is 7.90. The van der Waals surface area contributed by atoms with Gasteiger partial charge in [-0.05, 0) is 54.5 Å². The molecule has 0 saturated carbocycles. The summed E-state index contributed by atoms with van der Waals surface area (Å²) in [4.78, 5) is 3.96. The molecular formula is C24H27NS3. The second kappa shape index (κ2) is 12.3. The second-order valence-electron chi connectivity index (χ2n) is 6.62. The van der Waals surface area contributed by atoms with Crippen LogP contribution in [-0.2, 0) is 0 Å². The van der Waals surface area contributed by atoms with E-state index < -0.39 is 0 Å². The van der Waals surface area contributed by atoms with Gasteiger partial charge >= 0.3 is 0 Å². The first-order chi connectivity index (χ1) is 13.8. The van der Waals surface area contributed by atoms with Gasteiger partial charge in [-0.1, -0.05) is 54.6 Å². The van der Waals surface area contributed by atoms with E-state index in [1.165, 1.54) is 14.7 Å². The summed E-state index contributed by atoms with van der Waals surface area (Å²) in [6, 6.07) is 32.1. The molecule has 0 aliphatic heterocycles. The van der Waals surface area contributed by atoms with Crippen LogP contribution in [0.5, 0.6) is 0 Å². The molecular weight excluding hydrogens is 398 g/mol. The maximum atomic E-state index is 6.67. The van der Waals surface area contributed by atoms with Crippen LogP contribution >= 0.6 is 35.3 Å². The summed E-state index contributed by atoms with van der Waals surface area (Å²) in [5.74, 6) is 3.63. The summed E-state index contributed by atoms with van der Waals surface area (Å²) >= 11 is 5.72. The lowest BCUT2D eigenvalue weighted by molar-refractivity contribution is 0.487. The zero-order valence-corrected chi connectivity index (χ0v) is 18.4. The molecule has 3 rings (SSSR count). The van der Waals surface area contributed by atoms with Gasteiger partial charge in [-0.15, -0.1) is 35.3 Å². The van der Waals surface area contributed by atoms with Crippen molar-refractivity contribution in [2.24, 2.45) is 11.7 Å². The van der Waals surface area contributed by atoms with E-state index in [4.69, 9.17) is 5.73 Å². The van der Waals surface area contributed by atoms with Crippen LogP contribution in [0, 0.1) is 5.92 Å². The third-order valence-electron chi connectivity index (χ3n) is 4.50. The molecule has 0 saturated heterocycles. The summed E-state index contributed by atoms with van der Waals surface area (Å²) in [7, 11) is 0. The number of rotatable bonds is 11. The first-order valence-electron chi connectivity index (χ1n) is 9.60. The Labute approximate surface area is 181 Å². The Balaban J connectivity index is 1.54. The quantitative estimate of drug-likeness (QED) is 0.346. The zero-order valence-electron chi connectivity index (χ0n) is 15.9. The minimum atomic E-state index is 0.192. The average Bonchev–Trinajstić information content (AvgIpc) is 2.76. The molecule has 3 aromatic carbocycles. The van der Waals surface area contributed by atoms with Crippen LogP contribution in [0.3, 0.4) is 0 Å². The van der Waals surface area contributed by atoms with Crippen molar-refractivity contribution in [3.63, 3.8) is 0 Å². The Morgan fingerprint density at radius 1 is 0.571 bits per heavy atom. The fourth-order valence-electron chi connectivity index (χ4n) is 2.83. The highest BCUT2D eigenvalue weighted by Gasteiger charge is 2.18. The van der Waals surface area contributed by atoms with Crippen LogP contribution in [-0.4, -0.2) is 23.3 Å². The molecule has 0 radical (unpaired) electrons. The predicted octanol–water partition coefficient (Wildman–Crippen LogP) is 6.70. The van der Waals surface area contributed by atoms with Crippen molar-refractivity contribution in [3.05, 3.63) is 91.0 Å². The molecule has 0 aliphatic carbocycles. The van der Waals surface area contributed by atoms with Crippen molar-refractivity contribution in [1.29, 1.82) is 0 Å². The highest BCUT2D eigenvalue weighted by molar-refractivity contribution is 8.00. The van der Waals surface area contributed by atoms with Gasteiger partial charge in [0.1, 0.15) is 0 Å². The molecule has 28 heavy (non-hydrogen) atoms. The molecule has 0 fully saturated rings. The van der Waals surface area contributed by atoms with Gasteiger partial charge in [0, 0.05) is 32.2 Å². The lowest BCUT2D eigenvalue weighted by Gasteiger charge is -2.23. The van der Waals surface area contributed by atoms with Gasteiger partial charge in [-0.2, -0.15) is 0 Å². The molecule has 2 unspecified atom stereocenters. The van der Waals surface area contributed by atoms with Crippen molar-refractivity contribution < 1.29 is 0 Å². The molecule has 2 N–H and O–H groups in total. The number of nitrogens with two attached hydrogens (primary N) is 1. The lowest BCUT2D eigenvalue weighted by Crippen LogP contribution is -2.34. The van der Waals surface area contributed by atoms with Crippen LogP contribution in [0.1, 0.15) is 6.42 Å². The van der Waals surface area contributed by atoms with E-state index in [-0.39, 0.29) is 6.04 Å². The van der Waals surface area contributed by atoms with Gasteiger partial charge < -0.3 is 5.73 Å². The smallest absolute Gasteiger partial charge is 0.0170 e. The van der Waals surface area contributed by atoms with Gasteiger partial charge in [0.15, 0.2) is 0 Å². The molecule has 146 valence electrons. The number of hydrogen-bond donors (Lipinski definition) is 1. The highest BCUT2D eigenvalue weighted by Crippen LogP contribution is 2.28. The summed E-state index contributed by atoms with van der Waals surface area (Å²) < 4.78 is 0. The minimum absolute atomic E-state index is 0.192. The number of hydrogen-bond acceptors (Lipinski definition) is 4.